The monoisotopic (exact) mass is 185 g/mol. The summed E-state index contributed by atoms with van der Waals surface area (Å²) in [4.78, 5) is 12.6. The Hall–Kier alpha value is -0.570. The third-order valence-electron chi connectivity index (χ3n) is 2.85. The summed E-state index contributed by atoms with van der Waals surface area (Å²) in [7, 11) is 2.16. The molecule has 3 nitrogen and oxygen atoms in total. The Balaban J connectivity index is 2.02. The lowest BCUT2D eigenvalue weighted by molar-refractivity contribution is -0.137. The molecule has 0 unspecified atom stereocenters. The Kier molecular flexibility index (Phi) is 4.22. The molecule has 0 bridgehead atoms. The molecule has 1 aliphatic heterocycles. The molecule has 1 rings (SSSR count). The van der Waals surface area contributed by atoms with Crippen molar-refractivity contribution in [3.63, 3.8) is 0 Å². The fourth-order valence-electron chi connectivity index (χ4n) is 2.00. The summed E-state index contributed by atoms with van der Waals surface area (Å²) in [5.74, 6) is -0.667. The number of hydrogen-bond donors (Lipinski definition) is 1. The van der Waals surface area contributed by atoms with Crippen LogP contribution in [0, 0.1) is 0 Å². The van der Waals surface area contributed by atoms with Gasteiger partial charge in [-0.05, 0) is 39.3 Å². The van der Waals surface area contributed by atoms with Crippen molar-refractivity contribution >= 4 is 5.97 Å². The number of carboxylic acid groups (broad SMARTS) is 1. The van der Waals surface area contributed by atoms with E-state index in [1.807, 2.05) is 0 Å². The van der Waals surface area contributed by atoms with Gasteiger partial charge in [0.05, 0.1) is 0 Å². The molecule has 76 valence electrons. The van der Waals surface area contributed by atoms with Gasteiger partial charge in [0.25, 0.3) is 0 Å². The van der Waals surface area contributed by atoms with Crippen LogP contribution in [-0.2, 0) is 4.79 Å². The first-order valence-corrected chi connectivity index (χ1v) is 5.12. The van der Waals surface area contributed by atoms with Crippen molar-refractivity contribution in [2.24, 2.45) is 0 Å². The highest BCUT2D eigenvalue weighted by atomic mass is 16.4. The third kappa shape index (κ3) is 3.77. The fourth-order valence-corrected chi connectivity index (χ4v) is 2.00. The Morgan fingerprint density at radius 1 is 1.54 bits per heavy atom. The highest BCUT2D eigenvalue weighted by Crippen LogP contribution is 2.20. The van der Waals surface area contributed by atoms with E-state index in [4.69, 9.17) is 5.11 Å². The van der Waals surface area contributed by atoms with Gasteiger partial charge in [0.2, 0.25) is 0 Å². The molecule has 0 aromatic rings. The van der Waals surface area contributed by atoms with E-state index in [0.29, 0.717) is 12.5 Å². The van der Waals surface area contributed by atoms with Crippen LogP contribution < -0.4 is 0 Å². The minimum Gasteiger partial charge on any atom is -0.481 e. The summed E-state index contributed by atoms with van der Waals surface area (Å²) >= 11 is 0. The van der Waals surface area contributed by atoms with E-state index in [2.05, 4.69) is 11.9 Å². The summed E-state index contributed by atoms with van der Waals surface area (Å²) in [5.41, 5.74) is 0. The van der Waals surface area contributed by atoms with Gasteiger partial charge in [0, 0.05) is 12.5 Å². The summed E-state index contributed by atoms with van der Waals surface area (Å²) in [5, 5.41) is 8.45. The molecular weight excluding hydrogens is 166 g/mol. The van der Waals surface area contributed by atoms with Gasteiger partial charge in [0.15, 0.2) is 0 Å². The van der Waals surface area contributed by atoms with Crippen LogP contribution in [0.3, 0.4) is 0 Å². The molecule has 0 amide bonds. The predicted molar refractivity (Wildman–Crippen MR) is 51.8 cm³/mol. The van der Waals surface area contributed by atoms with Gasteiger partial charge in [-0.3, -0.25) is 4.79 Å². The molecule has 0 aromatic carbocycles. The Labute approximate surface area is 79.7 Å². The highest BCUT2D eigenvalue weighted by molar-refractivity contribution is 5.66. The predicted octanol–water partition coefficient (Wildman–Crippen LogP) is 1.73. The number of likely N-dealkylation sites (tertiary alicyclic amines) is 1. The van der Waals surface area contributed by atoms with Crippen molar-refractivity contribution in [2.75, 3.05) is 13.6 Å². The second-order valence-corrected chi connectivity index (χ2v) is 3.92. The zero-order chi connectivity index (χ0) is 9.68. The SMILES string of the molecule is CN1CCC[C@H]1CCCCC(=O)O. The van der Waals surface area contributed by atoms with Gasteiger partial charge < -0.3 is 10.0 Å². The summed E-state index contributed by atoms with van der Waals surface area (Å²) in [6.45, 7) is 1.21. The minimum atomic E-state index is -0.667. The van der Waals surface area contributed by atoms with Gasteiger partial charge in [-0.1, -0.05) is 6.42 Å². The Morgan fingerprint density at radius 2 is 2.31 bits per heavy atom. The van der Waals surface area contributed by atoms with E-state index in [9.17, 15) is 4.79 Å². The van der Waals surface area contributed by atoms with Crippen molar-refractivity contribution in [2.45, 2.75) is 44.6 Å². The van der Waals surface area contributed by atoms with Crippen molar-refractivity contribution in [3.05, 3.63) is 0 Å². The molecule has 3 heteroatoms. The first-order valence-electron chi connectivity index (χ1n) is 5.12. The second-order valence-electron chi connectivity index (χ2n) is 3.92. The third-order valence-corrected chi connectivity index (χ3v) is 2.85. The molecule has 0 radical (unpaired) electrons. The second kappa shape index (κ2) is 5.22. The molecular formula is C10H19NO2. The van der Waals surface area contributed by atoms with Crippen LogP contribution in [0.25, 0.3) is 0 Å². The van der Waals surface area contributed by atoms with Crippen LogP contribution >= 0.6 is 0 Å². The number of unbranched alkanes of at least 4 members (excludes halogenated alkanes) is 1. The van der Waals surface area contributed by atoms with Crippen molar-refractivity contribution in [3.8, 4) is 0 Å². The average molecular weight is 185 g/mol. The summed E-state index contributed by atoms with van der Waals surface area (Å²) in [6, 6.07) is 0.716. The quantitative estimate of drug-likeness (QED) is 0.663. The maximum Gasteiger partial charge on any atom is 0.303 e. The minimum absolute atomic E-state index is 0.330. The van der Waals surface area contributed by atoms with Crippen LogP contribution in [0.15, 0.2) is 0 Å². The number of aliphatic carboxylic acids is 1. The Bertz CT molecular complexity index is 170. The maximum absolute atomic E-state index is 10.2. The molecule has 13 heavy (non-hydrogen) atoms. The molecule has 1 saturated heterocycles. The smallest absolute Gasteiger partial charge is 0.303 e. The van der Waals surface area contributed by atoms with E-state index < -0.39 is 5.97 Å². The topological polar surface area (TPSA) is 40.5 Å². The van der Waals surface area contributed by atoms with E-state index in [1.54, 1.807) is 0 Å². The number of hydrogen-bond acceptors (Lipinski definition) is 2. The number of rotatable bonds is 5. The van der Waals surface area contributed by atoms with Gasteiger partial charge in [-0.2, -0.15) is 0 Å². The molecule has 1 atom stereocenters. The lowest BCUT2D eigenvalue weighted by atomic mass is 10.1. The summed E-state index contributed by atoms with van der Waals surface area (Å²) in [6.07, 6.45) is 5.99. The molecule has 0 aromatic heterocycles. The lowest BCUT2D eigenvalue weighted by Gasteiger charge is -2.18. The van der Waals surface area contributed by atoms with E-state index in [0.717, 1.165) is 12.8 Å². The maximum atomic E-state index is 10.2. The molecule has 0 spiro atoms. The zero-order valence-electron chi connectivity index (χ0n) is 8.33. The van der Waals surface area contributed by atoms with Crippen molar-refractivity contribution in [1.29, 1.82) is 0 Å². The zero-order valence-corrected chi connectivity index (χ0v) is 8.33. The van der Waals surface area contributed by atoms with Gasteiger partial charge >= 0.3 is 5.97 Å². The van der Waals surface area contributed by atoms with E-state index >= 15 is 0 Å². The van der Waals surface area contributed by atoms with Gasteiger partial charge in [0.1, 0.15) is 0 Å². The van der Waals surface area contributed by atoms with Crippen LogP contribution in [-0.4, -0.2) is 35.6 Å². The molecule has 1 aliphatic rings. The van der Waals surface area contributed by atoms with Crippen LogP contribution in [0.1, 0.15) is 38.5 Å². The number of nitrogens with zero attached hydrogens (tertiary/aromatic N) is 1. The molecule has 0 saturated carbocycles. The lowest BCUT2D eigenvalue weighted by Crippen LogP contribution is -2.24. The van der Waals surface area contributed by atoms with Gasteiger partial charge in [-0.25, -0.2) is 0 Å². The van der Waals surface area contributed by atoms with Crippen LogP contribution in [0.5, 0.6) is 0 Å². The first-order chi connectivity index (χ1) is 6.20. The fraction of sp³-hybridized carbons (Fsp3) is 0.900. The van der Waals surface area contributed by atoms with Crippen LogP contribution in [0.4, 0.5) is 0 Å². The Morgan fingerprint density at radius 3 is 2.85 bits per heavy atom. The average Bonchev–Trinajstić information content (AvgIpc) is 2.45. The van der Waals surface area contributed by atoms with E-state index in [-0.39, 0.29) is 0 Å². The molecule has 1 heterocycles. The highest BCUT2D eigenvalue weighted by Gasteiger charge is 2.19. The summed E-state index contributed by atoms with van der Waals surface area (Å²) < 4.78 is 0. The normalized spacial score (nSPS) is 23.6. The first kappa shape index (κ1) is 10.5. The van der Waals surface area contributed by atoms with Crippen LogP contribution in [0.2, 0.25) is 0 Å². The van der Waals surface area contributed by atoms with Gasteiger partial charge in [-0.15, -0.1) is 0 Å². The molecule has 1 N–H and O–H groups in total. The largest absolute Gasteiger partial charge is 0.481 e. The molecule has 1 fully saturated rings. The number of carboxylic acids is 1. The number of carbonyl (C=O) groups is 1. The molecule has 0 aliphatic carbocycles. The van der Waals surface area contributed by atoms with Crippen molar-refractivity contribution in [1.82, 2.24) is 4.90 Å². The van der Waals surface area contributed by atoms with Crippen molar-refractivity contribution < 1.29 is 9.90 Å². The standard InChI is InChI=1S/C10H19NO2/c1-11-8-4-6-9(11)5-2-3-7-10(12)13/h9H,2-8H2,1H3,(H,12,13)/t9-/m1/s1. The van der Waals surface area contributed by atoms with E-state index in [1.165, 1.54) is 25.8 Å².